The Morgan fingerprint density at radius 2 is 1.03 bits per heavy atom. The van der Waals surface area contributed by atoms with Crippen LogP contribution in [0.25, 0.3) is 0 Å². The number of nitrogens with zero attached hydrogens (tertiary/aromatic N) is 2. The summed E-state index contributed by atoms with van der Waals surface area (Å²) in [4.78, 5) is 17.5. The van der Waals surface area contributed by atoms with Crippen molar-refractivity contribution in [3.8, 4) is 11.5 Å². The van der Waals surface area contributed by atoms with Crippen molar-refractivity contribution in [3.63, 3.8) is 0 Å². The molecular weight excluding hydrogens is 490 g/mol. The van der Waals surface area contributed by atoms with Crippen LogP contribution in [0.3, 0.4) is 0 Å². The highest BCUT2D eigenvalue weighted by atomic mass is 16.6. The third kappa shape index (κ3) is 8.57. The second kappa shape index (κ2) is 11.4. The van der Waals surface area contributed by atoms with Gasteiger partial charge in [-0.25, -0.2) is 5.43 Å². The quantitative estimate of drug-likeness (QED) is 0.279. The number of oxime groups is 1. The molecule has 0 unspecified atom stereocenters. The van der Waals surface area contributed by atoms with E-state index in [1.807, 2.05) is 107 Å². The van der Waals surface area contributed by atoms with Crippen LogP contribution in [0.1, 0.15) is 116 Å². The number of rotatable bonds is 6. The van der Waals surface area contributed by atoms with Gasteiger partial charge in [0.05, 0.1) is 12.4 Å². The molecule has 0 bridgehead atoms. The molecule has 3 N–H and O–H groups in total. The topological polar surface area (TPSA) is 104 Å². The lowest BCUT2D eigenvalue weighted by atomic mass is 9.78. The summed E-state index contributed by atoms with van der Waals surface area (Å²) >= 11 is 0. The third-order valence-corrected chi connectivity index (χ3v) is 6.37. The van der Waals surface area contributed by atoms with Gasteiger partial charge in [-0.15, -0.1) is 0 Å². The number of benzene rings is 2. The molecule has 0 aliphatic heterocycles. The number of hydrogen-bond donors (Lipinski definition) is 3. The lowest BCUT2D eigenvalue weighted by molar-refractivity contribution is -0.125. The van der Waals surface area contributed by atoms with E-state index in [1.54, 1.807) is 12.4 Å². The highest BCUT2D eigenvalue weighted by Crippen LogP contribution is 2.40. The fourth-order valence-corrected chi connectivity index (χ4v) is 4.15. The van der Waals surface area contributed by atoms with Crippen LogP contribution in [-0.2, 0) is 31.3 Å². The van der Waals surface area contributed by atoms with Crippen LogP contribution in [0.2, 0.25) is 0 Å². The summed E-state index contributed by atoms with van der Waals surface area (Å²) in [6.07, 6.45) is 3.10. The van der Waals surface area contributed by atoms with Gasteiger partial charge >= 0.3 is 0 Å². The maximum Gasteiger partial charge on any atom is 0.280 e. The van der Waals surface area contributed by atoms with Gasteiger partial charge in [0.25, 0.3) is 5.91 Å². The summed E-state index contributed by atoms with van der Waals surface area (Å²) in [6.45, 7) is 24.2. The number of nitrogens with one attached hydrogen (secondary N) is 1. The molecule has 2 aromatic carbocycles. The SMILES string of the molecule is CC(C)(C)c1cc(C=NNC(=O)CON=Cc2cc(C(C)(C)C)c(O)c(C(C)(C)C)c2)cc(C(C)(C)C)c1O. The van der Waals surface area contributed by atoms with Crippen molar-refractivity contribution in [1.29, 1.82) is 0 Å². The Morgan fingerprint density at radius 3 is 1.36 bits per heavy atom. The summed E-state index contributed by atoms with van der Waals surface area (Å²) in [6, 6.07) is 7.54. The van der Waals surface area contributed by atoms with Crippen molar-refractivity contribution in [2.45, 2.75) is 105 Å². The number of hydrazone groups is 1. The minimum atomic E-state index is -0.453. The van der Waals surface area contributed by atoms with Crippen molar-refractivity contribution in [2.24, 2.45) is 10.3 Å². The number of hydrogen-bond acceptors (Lipinski definition) is 6. The van der Waals surface area contributed by atoms with E-state index in [4.69, 9.17) is 4.84 Å². The molecule has 0 aromatic heterocycles. The summed E-state index contributed by atoms with van der Waals surface area (Å²) in [5.41, 5.74) is 6.25. The second-order valence-electron chi connectivity index (χ2n) is 14.2. The van der Waals surface area contributed by atoms with Crippen molar-refractivity contribution in [2.75, 3.05) is 6.61 Å². The molecular formula is C32H47N3O4. The van der Waals surface area contributed by atoms with Crippen molar-refractivity contribution >= 4 is 18.3 Å². The highest BCUT2D eigenvalue weighted by molar-refractivity contribution is 5.84. The summed E-state index contributed by atoms with van der Waals surface area (Å²) in [5.74, 6) is 0.134. The van der Waals surface area contributed by atoms with E-state index in [9.17, 15) is 15.0 Å². The van der Waals surface area contributed by atoms with E-state index in [0.717, 1.165) is 33.4 Å². The first-order valence-electron chi connectivity index (χ1n) is 13.4. The number of aromatic hydroxyl groups is 2. The summed E-state index contributed by atoms with van der Waals surface area (Å²) < 4.78 is 0. The van der Waals surface area contributed by atoms with Crippen LogP contribution in [0.15, 0.2) is 34.5 Å². The molecule has 0 saturated heterocycles. The van der Waals surface area contributed by atoms with Crippen molar-refractivity contribution < 1.29 is 19.8 Å². The molecule has 39 heavy (non-hydrogen) atoms. The van der Waals surface area contributed by atoms with Gasteiger partial charge in [-0.05, 0) is 57.1 Å². The number of phenolic OH excluding ortho intramolecular Hbond substituents is 2. The lowest BCUT2D eigenvalue weighted by Gasteiger charge is -2.27. The number of carbonyl (C=O) groups is 1. The molecule has 0 aliphatic rings. The maximum absolute atomic E-state index is 12.3. The monoisotopic (exact) mass is 537 g/mol. The van der Waals surface area contributed by atoms with Crippen molar-refractivity contribution in [1.82, 2.24) is 5.43 Å². The van der Waals surface area contributed by atoms with Crippen LogP contribution < -0.4 is 5.43 Å². The first-order chi connectivity index (χ1) is 17.6. The number of amides is 1. The minimum Gasteiger partial charge on any atom is -0.507 e. The zero-order valence-electron chi connectivity index (χ0n) is 25.8. The molecule has 0 heterocycles. The molecule has 0 radical (unpaired) electrons. The van der Waals surface area contributed by atoms with Crippen LogP contribution in [0.5, 0.6) is 11.5 Å². The predicted octanol–water partition coefficient (Wildman–Crippen LogP) is 6.79. The van der Waals surface area contributed by atoms with Gasteiger partial charge < -0.3 is 15.1 Å². The average Bonchev–Trinajstić information content (AvgIpc) is 2.75. The molecule has 0 atom stereocenters. The standard InChI is InChI=1S/C32H47N3O4/c1-29(2,3)22-13-20(14-23(27(22)37)30(4,5)6)17-33-35-26(36)19-39-34-18-21-15-24(31(7,8)9)28(38)25(16-21)32(10,11)12/h13-18,37-38H,19H2,1-12H3,(H,35,36). The van der Waals surface area contributed by atoms with Crippen molar-refractivity contribution in [3.05, 3.63) is 57.6 Å². The minimum absolute atomic E-state index is 0.258. The second-order valence-corrected chi connectivity index (χ2v) is 14.2. The number of phenols is 2. The van der Waals surface area contributed by atoms with E-state index < -0.39 is 5.91 Å². The van der Waals surface area contributed by atoms with Gasteiger partial charge in [0.2, 0.25) is 0 Å². The molecule has 214 valence electrons. The molecule has 2 aromatic rings. The van der Waals surface area contributed by atoms with E-state index in [2.05, 4.69) is 15.7 Å². The predicted molar refractivity (Wildman–Crippen MR) is 160 cm³/mol. The molecule has 0 aliphatic carbocycles. The molecule has 7 heteroatoms. The van der Waals surface area contributed by atoms with Crippen LogP contribution >= 0.6 is 0 Å². The fourth-order valence-electron chi connectivity index (χ4n) is 4.15. The fraction of sp³-hybridized carbons (Fsp3) is 0.531. The maximum atomic E-state index is 12.3. The zero-order valence-corrected chi connectivity index (χ0v) is 25.8. The zero-order chi connectivity index (χ0) is 30.0. The molecule has 0 saturated carbocycles. The van der Waals surface area contributed by atoms with Crippen LogP contribution in [-0.4, -0.2) is 35.2 Å². The summed E-state index contributed by atoms with van der Waals surface area (Å²) in [5, 5.41) is 29.8. The van der Waals surface area contributed by atoms with Crippen LogP contribution in [0, 0.1) is 0 Å². The Kier molecular flexibility index (Phi) is 9.32. The van der Waals surface area contributed by atoms with E-state index in [-0.39, 0.29) is 28.3 Å². The van der Waals surface area contributed by atoms with E-state index in [0.29, 0.717) is 11.5 Å². The molecule has 7 nitrogen and oxygen atoms in total. The van der Waals surface area contributed by atoms with E-state index >= 15 is 0 Å². The number of carbonyl (C=O) groups excluding carboxylic acids is 1. The van der Waals surface area contributed by atoms with Gasteiger partial charge in [-0.2, -0.15) is 5.10 Å². The van der Waals surface area contributed by atoms with Gasteiger partial charge in [0.1, 0.15) is 11.5 Å². The van der Waals surface area contributed by atoms with Gasteiger partial charge in [-0.1, -0.05) is 88.2 Å². The summed E-state index contributed by atoms with van der Waals surface area (Å²) in [7, 11) is 0. The molecule has 2 rings (SSSR count). The largest absolute Gasteiger partial charge is 0.507 e. The Labute approximate surface area is 234 Å². The Balaban J connectivity index is 2.12. The third-order valence-electron chi connectivity index (χ3n) is 6.37. The average molecular weight is 538 g/mol. The van der Waals surface area contributed by atoms with E-state index in [1.165, 1.54) is 0 Å². The van der Waals surface area contributed by atoms with Crippen LogP contribution in [0.4, 0.5) is 0 Å². The Bertz CT molecular complexity index is 1180. The van der Waals surface area contributed by atoms with Gasteiger partial charge in [-0.3, -0.25) is 4.79 Å². The Morgan fingerprint density at radius 1 is 0.692 bits per heavy atom. The van der Waals surface area contributed by atoms with Gasteiger partial charge in [0.15, 0.2) is 6.61 Å². The highest BCUT2D eigenvalue weighted by Gasteiger charge is 2.27. The first-order valence-corrected chi connectivity index (χ1v) is 13.4. The smallest absolute Gasteiger partial charge is 0.280 e. The Hall–Kier alpha value is -3.35. The first kappa shape index (κ1) is 31.9. The molecule has 1 amide bonds. The normalized spacial score (nSPS) is 13.3. The lowest BCUT2D eigenvalue weighted by Crippen LogP contribution is -2.22. The molecule has 0 spiro atoms. The molecule has 0 fully saturated rings. The van der Waals surface area contributed by atoms with Gasteiger partial charge in [0, 0.05) is 22.3 Å².